The Morgan fingerprint density at radius 1 is 1.25 bits per heavy atom. The molecule has 0 amide bonds. The number of ether oxygens (including phenoxy) is 2. The van der Waals surface area contributed by atoms with E-state index in [0.29, 0.717) is 19.3 Å². The first-order chi connectivity index (χ1) is 9.83. The Labute approximate surface area is 124 Å². The number of hydrogen-bond donors (Lipinski definition) is 2. The Kier molecular flexibility index (Phi) is 11.2. The van der Waals surface area contributed by atoms with Crippen molar-refractivity contribution in [1.29, 1.82) is 0 Å². The summed E-state index contributed by atoms with van der Waals surface area (Å²) >= 11 is 0. The Morgan fingerprint density at radius 2 is 2.05 bits per heavy atom. The molecule has 1 heterocycles. The van der Waals surface area contributed by atoms with Gasteiger partial charge in [0.05, 0.1) is 18.8 Å². The Hall–Kier alpha value is -0.160. The molecule has 120 valence electrons. The van der Waals surface area contributed by atoms with Gasteiger partial charge in [-0.2, -0.15) is 0 Å². The van der Waals surface area contributed by atoms with Gasteiger partial charge < -0.3 is 19.9 Å². The van der Waals surface area contributed by atoms with Crippen LogP contribution in [0.2, 0.25) is 0 Å². The fourth-order valence-corrected chi connectivity index (χ4v) is 2.48. The third kappa shape index (κ3) is 9.70. The molecule has 0 radical (unpaired) electrons. The van der Waals surface area contributed by atoms with Crippen molar-refractivity contribution < 1.29 is 14.6 Å². The van der Waals surface area contributed by atoms with Gasteiger partial charge in [0, 0.05) is 26.3 Å². The number of nitrogens with one attached hydrogen (secondary N) is 1. The lowest BCUT2D eigenvalue weighted by molar-refractivity contribution is 0.0328. The highest BCUT2D eigenvalue weighted by Gasteiger charge is 2.15. The van der Waals surface area contributed by atoms with Gasteiger partial charge in [-0.05, 0) is 19.3 Å². The van der Waals surface area contributed by atoms with Gasteiger partial charge in [-0.15, -0.1) is 0 Å². The first kappa shape index (κ1) is 17.9. The van der Waals surface area contributed by atoms with E-state index in [1.165, 1.54) is 32.1 Å². The average molecular weight is 287 g/mol. The molecule has 4 heteroatoms. The summed E-state index contributed by atoms with van der Waals surface area (Å²) in [6.07, 6.45) is 9.87. The van der Waals surface area contributed by atoms with E-state index in [-0.39, 0.29) is 0 Å². The second-order valence-corrected chi connectivity index (χ2v) is 5.79. The largest absolute Gasteiger partial charge is 0.389 e. The quantitative estimate of drug-likeness (QED) is 0.511. The minimum Gasteiger partial charge on any atom is -0.389 e. The maximum atomic E-state index is 9.77. The van der Waals surface area contributed by atoms with Gasteiger partial charge in [0.1, 0.15) is 0 Å². The fourth-order valence-electron chi connectivity index (χ4n) is 2.48. The molecule has 20 heavy (non-hydrogen) atoms. The molecule has 0 aromatic rings. The normalized spacial score (nSPS) is 20.4. The van der Waals surface area contributed by atoms with Crippen molar-refractivity contribution in [2.75, 3.05) is 32.9 Å². The van der Waals surface area contributed by atoms with Crippen LogP contribution in [-0.4, -0.2) is 50.2 Å². The highest BCUT2D eigenvalue weighted by molar-refractivity contribution is 4.69. The van der Waals surface area contributed by atoms with E-state index in [4.69, 9.17) is 9.47 Å². The Bertz CT molecular complexity index is 208. The SMILES string of the molecule is CCCCCCCCOCC(O)CNCC1CCCO1. The van der Waals surface area contributed by atoms with Gasteiger partial charge in [-0.25, -0.2) is 0 Å². The van der Waals surface area contributed by atoms with Crippen LogP contribution in [0.5, 0.6) is 0 Å². The van der Waals surface area contributed by atoms with E-state index in [1.54, 1.807) is 0 Å². The van der Waals surface area contributed by atoms with E-state index in [0.717, 1.165) is 39.0 Å². The molecule has 0 bridgehead atoms. The first-order valence-corrected chi connectivity index (χ1v) is 8.41. The van der Waals surface area contributed by atoms with Crippen molar-refractivity contribution in [2.24, 2.45) is 0 Å². The highest BCUT2D eigenvalue weighted by atomic mass is 16.5. The van der Waals surface area contributed by atoms with Crippen LogP contribution in [-0.2, 0) is 9.47 Å². The van der Waals surface area contributed by atoms with Crippen molar-refractivity contribution in [1.82, 2.24) is 5.32 Å². The maximum Gasteiger partial charge on any atom is 0.0897 e. The molecule has 1 saturated heterocycles. The number of rotatable bonds is 13. The van der Waals surface area contributed by atoms with E-state index >= 15 is 0 Å². The molecule has 4 nitrogen and oxygen atoms in total. The van der Waals surface area contributed by atoms with Gasteiger partial charge in [-0.1, -0.05) is 39.0 Å². The summed E-state index contributed by atoms with van der Waals surface area (Å²) in [5, 5.41) is 13.0. The zero-order valence-electron chi connectivity index (χ0n) is 13.1. The van der Waals surface area contributed by atoms with Crippen LogP contribution in [0.15, 0.2) is 0 Å². The van der Waals surface area contributed by atoms with Gasteiger partial charge in [-0.3, -0.25) is 0 Å². The molecule has 1 rings (SSSR count). The summed E-state index contributed by atoms with van der Waals surface area (Å²) in [6, 6.07) is 0. The van der Waals surface area contributed by atoms with Gasteiger partial charge >= 0.3 is 0 Å². The lowest BCUT2D eigenvalue weighted by atomic mass is 10.1. The van der Waals surface area contributed by atoms with Crippen LogP contribution in [0.25, 0.3) is 0 Å². The Morgan fingerprint density at radius 3 is 2.80 bits per heavy atom. The van der Waals surface area contributed by atoms with Crippen LogP contribution in [0, 0.1) is 0 Å². The molecular weight excluding hydrogens is 254 g/mol. The van der Waals surface area contributed by atoms with E-state index in [2.05, 4.69) is 12.2 Å². The highest BCUT2D eigenvalue weighted by Crippen LogP contribution is 2.10. The summed E-state index contributed by atoms with van der Waals surface area (Å²) in [5.74, 6) is 0. The van der Waals surface area contributed by atoms with Crippen molar-refractivity contribution in [3.63, 3.8) is 0 Å². The summed E-state index contributed by atoms with van der Waals surface area (Å²) in [6.45, 7) is 5.76. The van der Waals surface area contributed by atoms with E-state index in [1.807, 2.05) is 0 Å². The lowest BCUT2D eigenvalue weighted by Gasteiger charge is -2.14. The number of hydrogen-bond acceptors (Lipinski definition) is 4. The standard InChI is InChI=1S/C16H33NO3/c1-2-3-4-5-6-7-10-19-14-15(18)12-17-13-16-9-8-11-20-16/h15-18H,2-14H2,1H3. The van der Waals surface area contributed by atoms with E-state index in [9.17, 15) is 5.11 Å². The van der Waals surface area contributed by atoms with Crippen LogP contribution >= 0.6 is 0 Å². The molecule has 1 aliphatic rings. The summed E-state index contributed by atoms with van der Waals surface area (Å²) < 4.78 is 11.0. The summed E-state index contributed by atoms with van der Waals surface area (Å²) in [7, 11) is 0. The molecule has 2 atom stereocenters. The van der Waals surface area contributed by atoms with Gasteiger partial charge in [0.25, 0.3) is 0 Å². The number of unbranched alkanes of at least 4 members (excludes halogenated alkanes) is 5. The average Bonchev–Trinajstić information content (AvgIpc) is 2.95. The molecule has 0 saturated carbocycles. The van der Waals surface area contributed by atoms with Crippen LogP contribution in [0.4, 0.5) is 0 Å². The molecule has 2 N–H and O–H groups in total. The van der Waals surface area contributed by atoms with Gasteiger partial charge in [0.2, 0.25) is 0 Å². The van der Waals surface area contributed by atoms with Crippen LogP contribution < -0.4 is 5.32 Å². The minimum absolute atomic E-state index is 0.339. The third-order valence-electron chi connectivity index (χ3n) is 3.73. The van der Waals surface area contributed by atoms with Crippen molar-refractivity contribution in [2.45, 2.75) is 70.5 Å². The maximum absolute atomic E-state index is 9.77. The van der Waals surface area contributed by atoms with Crippen molar-refractivity contribution in [3.8, 4) is 0 Å². The molecular formula is C16H33NO3. The Balaban J connectivity index is 1.79. The molecule has 1 aliphatic heterocycles. The smallest absolute Gasteiger partial charge is 0.0897 e. The second kappa shape index (κ2) is 12.6. The summed E-state index contributed by atoms with van der Waals surface area (Å²) in [5.41, 5.74) is 0. The van der Waals surface area contributed by atoms with Gasteiger partial charge in [0.15, 0.2) is 0 Å². The topological polar surface area (TPSA) is 50.7 Å². The molecule has 2 unspecified atom stereocenters. The monoisotopic (exact) mass is 287 g/mol. The third-order valence-corrected chi connectivity index (χ3v) is 3.73. The van der Waals surface area contributed by atoms with Crippen molar-refractivity contribution >= 4 is 0 Å². The molecule has 0 aromatic carbocycles. The fraction of sp³-hybridized carbons (Fsp3) is 1.00. The summed E-state index contributed by atoms with van der Waals surface area (Å²) in [4.78, 5) is 0. The predicted molar refractivity (Wildman–Crippen MR) is 82.0 cm³/mol. The van der Waals surface area contributed by atoms with E-state index < -0.39 is 6.10 Å². The zero-order chi connectivity index (χ0) is 14.5. The lowest BCUT2D eigenvalue weighted by Crippen LogP contribution is -2.35. The second-order valence-electron chi connectivity index (χ2n) is 5.79. The van der Waals surface area contributed by atoms with Crippen LogP contribution in [0.1, 0.15) is 58.3 Å². The van der Waals surface area contributed by atoms with Crippen LogP contribution in [0.3, 0.4) is 0 Å². The van der Waals surface area contributed by atoms with Crippen molar-refractivity contribution in [3.05, 3.63) is 0 Å². The first-order valence-electron chi connectivity index (χ1n) is 8.41. The molecule has 1 fully saturated rings. The number of aliphatic hydroxyl groups excluding tert-OH is 1. The predicted octanol–water partition coefficient (Wildman–Crippen LogP) is 2.49. The zero-order valence-corrected chi connectivity index (χ0v) is 13.1. The molecule has 0 aliphatic carbocycles. The minimum atomic E-state index is -0.406. The molecule has 0 aromatic heterocycles. The number of aliphatic hydroxyl groups is 1. The molecule has 0 spiro atoms.